The molecular formula is C13H16N4O. The van der Waals surface area contributed by atoms with Crippen molar-refractivity contribution in [3.8, 4) is 0 Å². The van der Waals surface area contributed by atoms with Gasteiger partial charge >= 0.3 is 0 Å². The zero-order valence-corrected chi connectivity index (χ0v) is 10.5. The lowest BCUT2D eigenvalue weighted by Crippen LogP contribution is -2.11. The smallest absolute Gasteiger partial charge is 0.258 e. The highest BCUT2D eigenvalue weighted by Crippen LogP contribution is 2.11. The Balaban J connectivity index is 2.03. The fraction of sp³-hybridized carbons (Fsp3) is 0.231. The van der Waals surface area contributed by atoms with Crippen molar-refractivity contribution >= 4 is 11.6 Å². The minimum Gasteiger partial charge on any atom is -0.322 e. The number of hydrogen-bond donors (Lipinski definition) is 2. The van der Waals surface area contributed by atoms with Gasteiger partial charge in [-0.05, 0) is 24.7 Å². The summed E-state index contributed by atoms with van der Waals surface area (Å²) in [6.07, 6.45) is 3.23. The Morgan fingerprint density at radius 1 is 1.33 bits per heavy atom. The van der Waals surface area contributed by atoms with Crippen LogP contribution in [0, 0.1) is 0 Å². The molecule has 0 aliphatic carbocycles. The Bertz CT molecular complexity index is 530. The lowest BCUT2D eigenvalue weighted by molar-refractivity contribution is 0.102. The number of hydrogen-bond acceptors (Lipinski definition) is 3. The van der Waals surface area contributed by atoms with E-state index in [4.69, 9.17) is 0 Å². The summed E-state index contributed by atoms with van der Waals surface area (Å²) in [5, 5.41) is 9.87. The normalized spacial score (nSPS) is 10.3. The maximum absolute atomic E-state index is 11.9. The number of amides is 1. The van der Waals surface area contributed by atoms with Crippen LogP contribution in [0.3, 0.4) is 0 Å². The van der Waals surface area contributed by atoms with Gasteiger partial charge < -0.3 is 10.6 Å². The molecule has 0 aliphatic rings. The van der Waals surface area contributed by atoms with Crippen LogP contribution in [0.15, 0.2) is 36.7 Å². The maximum atomic E-state index is 11.9. The van der Waals surface area contributed by atoms with E-state index in [0.29, 0.717) is 5.56 Å². The Morgan fingerprint density at radius 2 is 2.06 bits per heavy atom. The molecule has 1 aromatic heterocycles. The molecule has 1 aromatic carbocycles. The van der Waals surface area contributed by atoms with Crippen LogP contribution < -0.4 is 10.6 Å². The minimum absolute atomic E-state index is 0.149. The third-order valence-electron chi connectivity index (χ3n) is 2.56. The van der Waals surface area contributed by atoms with Gasteiger partial charge in [0.05, 0.1) is 11.8 Å². The van der Waals surface area contributed by atoms with Gasteiger partial charge in [-0.15, -0.1) is 0 Å². The van der Waals surface area contributed by atoms with Gasteiger partial charge in [-0.2, -0.15) is 5.10 Å². The number of rotatable bonds is 4. The van der Waals surface area contributed by atoms with Crippen molar-refractivity contribution in [3.05, 3.63) is 47.8 Å². The SMILES string of the molecule is CNCc1ccc(NC(=O)c2cnn(C)c2)cc1. The monoisotopic (exact) mass is 244 g/mol. The molecule has 0 unspecified atom stereocenters. The van der Waals surface area contributed by atoms with Gasteiger partial charge in [-0.3, -0.25) is 9.48 Å². The van der Waals surface area contributed by atoms with E-state index >= 15 is 0 Å². The average Bonchev–Trinajstić information content (AvgIpc) is 2.79. The van der Waals surface area contributed by atoms with Crippen LogP contribution in [0.5, 0.6) is 0 Å². The predicted octanol–water partition coefficient (Wildman–Crippen LogP) is 1.39. The van der Waals surface area contributed by atoms with Crippen molar-refractivity contribution < 1.29 is 4.79 Å². The summed E-state index contributed by atoms with van der Waals surface area (Å²) in [5.74, 6) is -0.149. The average molecular weight is 244 g/mol. The molecule has 0 fully saturated rings. The van der Waals surface area contributed by atoms with Crippen molar-refractivity contribution in [2.75, 3.05) is 12.4 Å². The van der Waals surface area contributed by atoms with Crippen LogP contribution in [0.1, 0.15) is 15.9 Å². The molecule has 0 saturated carbocycles. The van der Waals surface area contributed by atoms with E-state index in [1.165, 1.54) is 5.56 Å². The van der Waals surface area contributed by atoms with Gasteiger partial charge in [-0.1, -0.05) is 12.1 Å². The van der Waals surface area contributed by atoms with E-state index in [1.807, 2.05) is 31.3 Å². The van der Waals surface area contributed by atoms with E-state index in [9.17, 15) is 4.79 Å². The Morgan fingerprint density at radius 3 is 2.61 bits per heavy atom. The molecule has 0 radical (unpaired) electrons. The first kappa shape index (κ1) is 12.3. The zero-order valence-electron chi connectivity index (χ0n) is 10.5. The lowest BCUT2D eigenvalue weighted by atomic mass is 10.2. The van der Waals surface area contributed by atoms with Crippen molar-refractivity contribution in [1.82, 2.24) is 15.1 Å². The first-order valence-corrected chi connectivity index (χ1v) is 5.72. The number of aromatic nitrogens is 2. The Kier molecular flexibility index (Phi) is 3.74. The molecular weight excluding hydrogens is 228 g/mol. The summed E-state index contributed by atoms with van der Waals surface area (Å²) < 4.78 is 1.60. The molecule has 1 heterocycles. The molecule has 5 nitrogen and oxygen atoms in total. The van der Waals surface area contributed by atoms with E-state index in [0.717, 1.165) is 12.2 Å². The number of benzene rings is 1. The first-order chi connectivity index (χ1) is 8.69. The summed E-state index contributed by atoms with van der Waals surface area (Å²) in [4.78, 5) is 11.9. The van der Waals surface area contributed by atoms with Crippen molar-refractivity contribution in [2.45, 2.75) is 6.54 Å². The topological polar surface area (TPSA) is 58.9 Å². The predicted molar refractivity (Wildman–Crippen MR) is 70.4 cm³/mol. The fourth-order valence-corrected chi connectivity index (χ4v) is 1.65. The van der Waals surface area contributed by atoms with Crippen LogP contribution in [-0.2, 0) is 13.6 Å². The van der Waals surface area contributed by atoms with Crippen LogP contribution in [-0.4, -0.2) is 22.7 Å². The number of carbonyl (C=O) groups excluding carboxylic acids is 1. The van der Waals surface area contributed by atoms with Gasteiger partial charge in [0, 0.05) is 25.5 Å². The molecule has 94 valence electrons. The van der Waals surface area contributed by atoms with E-state index in [1.54, 1.807) is 24.1 Å². The second-order valence-corrected chi connectivity index (χ2v) is 4.08. The van der Waals surface area contributed by atoms with Crippen LogP contribution in [0.25, 0.3) is 0 Å². The number of aryl methyl sites for hydroxylation is 1. The zero-order chi connectivity index (χ0) is 13.0. The first-order valence-electron chi connectivity index (χ1n) is 5.72. The van der Waals surface area contributed by atoms with E-state index < -0.39 is 0 Å². The summed E-state index contributed by atoms with van der Waals surface area (Å²) >= 11 is 0. The number of nitrogens with one attached hydrogen (secondary N) is 2. The molecule has 0 atom stereocenters. The lowest BCUT2D eigenvalue weighted by Gasteiger charge is -2.05. The van der Waals surface area contributed by atoms with Crippen molar-refractivity contribution in [3.63, 3.8) is 0 Å². The van der Waals surface area contributed by atoms with Gasteiger partial charge in [0.15, 0.2) is 0 Å². The van der Waals surface area contributed by atoms with Gasteiger partial charge in [0.1, 0.15) is 0 Å². The highest BCUT2D eigenvalue weighted by molar-refractivity contribution is 6.03. The molecule has 0 bridgehead atoms. The molecule has 0 spiro atoms. The quantitative estimate of drug-likeness (QED) is 0.854. The molecule has 1 amide bonds. The summed E-state index contributed by atoms with van der Waals surface area (Å²) in [6, 6.07) is 7.74. The van der Waals surface area contributed by atoms with E-state index in [2.05, 4.69) is 15.7 Å². The van der Waals surface area contributed by atoms with Crippen molar-refractivity contribution in [2.24, 2.45) is 7.05 Å². The van der Waals surface area contributed by atoms with Gasteiger partial charge in [0.25, 0.3) is 5.91 Å². The summed E-state index contributed by atoms with van der Waals surface area (Å²) in [7, 11) is 3.68. The third-order valence-corrected chi connectivity index (χ3v) is 2.56. The molecule has 18 heavy (non-hydrogen) atoms. The Hall–Kier alpha value is -2.14. The van der Waals surface area contributed by atoms with Crippen LogP contribution >= 0.6 is 0 Å². The van der Waals surface area contributed by atoms with Crippen LogP contribution in [0.4, 0.5) is 5.69 Å². The summed E-state index contributed by atoms with van der Waals surface area (Å²) in [5.41, 5.74) is 2.51. The number of carbonyl (C=O) groups is 1. The molecule has 2 N–H and O–H groups in total. The standard InChI is InChI=1S/C13H16N4O/c1-14-7-10-3-5-12(6-4-10)16-13(18)11-8-15-17(2)9-11/h3-6,8-9,14H,7H2,1-2H3,(H,16,18). The van der Waals surface area contributed by atoms with Gasteiger partial charge in [-0.25, -0.2) is 0 Å². The molecule has 2 aromatic rings. The van der Waals surface area contributed by atoms with Gasteiger partial charge in [0.2, 0.25) is 0 Å². The minimum atomic E-state index is -0.149. The van der Waals surface area contributed by atoms with Crippen LogP contribution in [0.2, 0.25) is 0 Å². The number of nitrogens with zero attached hydrogens (tertiary/aromatic N) is 2. The second kappa shape index (κ2) is 5.46. The highest BCUT2D eigenvalue weighted by atomic mass is 16.1. The van der Waals surface area contributed by atoms with Crippen molar-refractivity contribution in [1.29, 1.82) is 0 Å². The fourth-order valence-electron chi connectivity index (χ4n) is 1.65. The molecule has 0 saturated heterocycles. The molecule has 0 aliphatic heterocycles. The number of anilines is 1. The molecule has 5 heteroatoms. The van der Waals surface area contributed by atoms with E-state index in [-0.39, 0.29) is 5.91 Å². The third kappa shape index (κ3) is 2.95. The Labute approximate surface area is 106 Å². The largest absolute Gasteiger partial charge is 0.322 e. The highest BCUT2D eigenvalue weighted by Gasteiger charge is 2.07. The molecule has 2 rings (SSSR count). The maximum Gasteiger partial charge on any atom is 0.258 e. The summed E-state index contributed by atoms with van der Waals surface area (Å²) in [6.45, 7) is 0.816. The second-order valence-electron chi connectivity index (χ2n) is 4.08.